The van der Waals surface area contributed by atoms with Crippen molar-refractivity contribution in [2.75, 3.05) is 0 Å². The van der Waals surface area contributed by atoms with Crippen molar-refractivity contribution in [2.24, 2.45) is 0 Å². The van der Waals surface area contributed by atoms with Crippen molar-refractivity contribution in [3.63, 3.8) is 0 Å². The van der Waals surface area contributed by atoms with Gasteiger partial charge in [0, 0.05) is 22.3 Å². The zero-order valence-corrected chi connectivity index (χ0v) is 12.9. The number of aryl methyl sites for hydroxylation is 2. The third kappa shape index (κ3) is 3.19. The van der Waals surface area contributed by atoms with E-state index in [1.807, 2.05) is 56.3 Å². The van der Waals surface area contributed by atoms with Gasteiger partial charge in [-0.1, -0.05) is 41.6 Å². The molecule has 0 saturated carbocycles. The van der Waals surface area contributed by atoms with Gasteiger partial charge in [-0.15, -0.1) is 0 Å². The first-order valence-electron chi connectivity index (χ1n) is 6.86. The smallest absolute Gasteiger partial charge is 0.198 e. The lowest BCUT2D eigenvalue weighted by Gasteiger charge is -2.01. The molecule has 0 aliphatic rings. The van der Waals surface area contributed by atoms with Crippen LogP contribution in [0.1, 0.15) is 16.7 Å². The monoisotopic (exact) mass is 296 g/mol. The molecule has 1 aromatic heterocycles. The molecule has 3 rings (SSSR count). The van der Waals surface area contributed by atoms with E-state index in [1.54, 1.807) is 6.26 Å². The molecule has 106 valence electrons. The van der Waals surface area contributed by atoms with Gasteiger partial charge in [-0.25, -0.2) is 0 Å². The fourth-order valence-electron chi connectivity index (χ4n) is 2.26. The third-order valence-corrected chi connectivity index (χ3v) is 4.28. The Morgan fingerprint density at radius 1 is 1.05 bits per heavy atom. The summed E-state index contributed by atoms with van der Waals surface area (Å²) in [4.78, 5) is 13.2. The van der Waals surface area contributed by atoms with Gasteiger partial charge in [-0.2, -0.15) is 0 Å². The second-order valence-electron chi connectivity index (χ2n) is 5.22. The summed E-state index contributed by atoms with van der Waals surface area (Å²) in [6, 6.07) is 14.1. The summed E-state index contributed by atoms with van der Waals surface area (Å²) >= 11 is 1.28. The number of furan rings is 1. The van der Waals surface area contributed by atoms with Crippen LogP contribution in [0.15, 0.2) is 58.0 Å². The van der Waals surface area contributed by atoms with E-state index in [9.17, 15) is 4.79 Å². The summed E-state index contributed by atoms with van der Waals surface area (Å²) in [6.45, 7) is 4.07. The summed E-state index contributed by atoms with van der Waals surface area (Å²) in [5.74, 6) is 0. The molecule has 0 unspecified atom stereocenters. The molecule has 0 atom stereocenters. The Hall–Kier alpha value is -2.00. The van der Waals surface area contributed by atoms with Crippen LogP contribution in [-0.4, -0.2) is 5.12 Å². The highest BCUT2D eigenvalue weighted by atomic mass is 32.2. The minimum Gasteiger partial charge on any atom is -0.464 e. The molecule has 1 heterocycles. The average molecular weight is 296 g/mol. The van der Waals surface area contributed by atoms with Gasteiger partial charge < -0.3 is 4.42 Å². The highest BCUT2D eigenvalue weighted by molar-refractivity contribution is 8.13. The van der Waals surface area contributed by atoms with E-state index >= 15 is 0 Å². The molecule has 2 nitrogen and oxygen atoms in total. The van der Waals surface area contributed by atoms with Crippen molar-refractivity contribution < 1.29 is 9.21 Å². The Bertz CT molecular complexity index is 785. The molecule has 2 aromatic carbocycles. The van der Waals surface area contributed by atoms with Gasteiger partial charge in [-0.3, -0.25) is 4.79 Å². The molecule has 3 aromatic rings. The first-order chi connectivity index (χ1) is 10.1. The number of hydrogen-bond acceptors (Lipinski definition) is 3. The second kappa shape index (κ2) is 5.78. The van der Waals surface area contributed by atoms with Crippen LogP contribution < -0.4 is 0 Å². The Morgan fingerprint density at radius 3 is 2.52 bits per heavy atom. The van der Waals surface area contributed by atoms with Crippen molar-refractivity contribution in [3.05, 3.63) is 65.4 Å². The topological polar surface area (TPSA) is 30.2 Å². The van der Waals surface area contributed by atoms with E-state index in [1.165, 1.54) is 17.3 Å². The van der Waals surface area contributed by atoms with Gasteiger partial charge in [0.1, 0.15) is 5.58 Å². The number of carbonyl (C=O) groups excluding carboxylic acids is 1. The first-order valence-corrected chi connectivity index (χ1v) is 7.67. The average Bonchev–Trinajstić information content (AvgIpc) is 2.83. The van der Waals surface area contributed by atoms with Crippen LogP contribution in [-0.2, 0) is 11.2 Å². The number of fused-ring (bicyclic) bond motifs is 1. The maximum atomic E-state index is 12.2. The molecule has 0 radical (unpaired) electrons. The van der Waals surface area contributed by atoms with E-state index in [2.05, 4.69) is 0 Å². The predicted molar refractivity (Wildman–Crippen MR) is 86.7 cm³/mol. The van der Waals surface area contributed by atoms with Gasteiger partial charge in [0.25, 0.3) is 0 Å². The SMILES string of the molecule is Cc1ccc(SC(=O)Cc2coc3cc(C)ccc23)cc1. The molecule has 0 spiro atoms. The Balaban J connectivity index is 1.75. The number of thioether (sulfide) groups is 1. The van der Waals surface area contributed by atoms with E-state index in [0.717, 1.165) is 27.0 Å². The predicted octanol–water partition coefficient (Wildman–Crippen LogP) is 4.91. The van der Waals surface area contributed by atoms with Crippen LogP contribution in [0.25, 0.3) is 11.0 Å². The van der Waals surface area contributed by atoms with Crippen LogP contribution in [0.3, 0.4) is 0 Å². The number of rotatable bonds is 3. The van der Waals surface area contributed by atoms with Gasteiger partial charge >= 0.3 is 0 Å². The minimum atomic E-state index is 0.127. The van der Waals surface area contributed by atoms with Crippen molar-refractivity contribution in [2.45, 2.75) is 25.2 Å². The lowest BCUT2D eigenvalue weighted by Crippen LogP contribution is -1.96. The number of benzene rings is 2. The molecule has 0 saturated heterocycles. The molecule has 3 heteroatoms. The summed E-state index contributed by atoms with van der Waals surface area (Å²) in [5, 5.41) is 1.15. The van der Waals surface area contributed by atoms with Crippen LogP contribution in [0.2, 0.25) is 0 Å². The fraction of sp³-hybridized carbons (Fsp3) is 0.167. The molecule has 0 amide bonds. The van der Waals surface area contributed by atoms with E-state index in [0.29, 0.717) is 6.42 Å². The molecule has 0 aliphatic carbocycles. The van der Waals surface area contributed by atoms with E-state index in [4.69, 9.17) is 4.42 Å². The van der Waals surface area contributed by atoms with Crippen molar-refractivity contribution >= 4 is 27.8 Å². The fourth-order valence-corrected chi connectivity index (χ4v) is 3.02. The zero-order chi connectivity index (χ0) is 14.8. The van der Waals surface area contributed by atoms with E-state index < -0.39 is 0 Å². The van der Waals surface area contributed by atoms with E-state index in [-0.39, 0.29) is 5.12 Å². The highest BCUT2D eigenvalue weighted by Crippen LogP contribution is 2.26. The summed E-state index contributed by atoms with van der Waals surface area (Å²) in [6.07, 6.45) is 2.08. The molecule has 0 N–H and O–H groups in total. The Morgan fingerprint density at radius 2 is 1.76 bits per heavy atom. The summed E-state index contributed by atoms with van der Waals surface area (Å²) in [5.41, 5.74) is 4.15. The third-order valence-electron chi connectivity index (χ3n) is 3.40. The molecular weight excluding hydrogens is 280 g/mol. The van der Waals surface area contributed by atoms with Crippen LogP contribution >= 0.6 is 11.8 Å². The quantitative estimate of drug-likeness (QED) is 0.643. The summed E-state index contributed by atoms with van der Waals surface area (Å²) in [7, 11) is 0. The number of carbonyl (C=O) groups is 1. The summed E-state index contributed by atoms with van der Waals surface area (Å²) < 4.78 is 5.54. The first kappa shape index (κ1) is 14.0. The molecule has 0 aliphatic heterocycles. The molecule has 0 bridgehead atoms. The lowest BCUT2D eigenvalue weighted by molar-refractivity contribution is -0.110. The van der Waals surface area contributed by atoms with Gasteiger partial charge in [-0.05, 0) is 37.6 Å². The molecule has 21 heavy (non-hydrogen) atoms. The van der Waals surface area contributed by atoms with Gasteiger partial charge in [0.2, 0.25) is 0 Å². The van der Waals surface area contributed by atoms with Gasteiger partial charge in [0.05, 0.1) is 6.26 Å². The standard InChI is InChI=1S/C18H16O2S/c1-12-3-6-15(7-4-12)21-18(19)10-14-11-20-17-9-13(2)5-8-16(14)17/h3-9,11H,10H2,1-2H3. The normalized spacial score (nSPS) is 11.0. The van der Waals surface area contributed by atoms with Crippen molar-refractivity contribution in [3.8, 4) is 0 Å². The largest absolute Gasteiger partial charge is 0.464 e. The minimum absolute atomic E-state index is 0.127. The van der Waals surface area contributed by atoms with Crippen LogP contribution in [0.5, 0.6) is 0 Å². The second-order valence-corrected chi connectivity index (χ2v) is 6.36. The Kier molecular flexibility index (Phi) is 3.84. The highest BCUT2D eigenvalue weighted by Gasteiger charge is 2.11. The number of hydrogen-bond donors (Lipinski definition) is 0. The van der Waals surface area contributed by atoms with Crippen LogP contribution in [0.4, 0.5) is 0 Å². The lowest BCUT2D eigenvalue weighted by atomic mass is 10.1. The zero-order valence-electron chi connectivity index (χ0n) is 12.1. The molecule has 0 fully saturated rings. The van der Waals surface area contributed by atoms with Crippen LogP contribution in [0, 0.1) is 13.8 Å². The maximum Gasteiger partial charge on any atom is 0.198 e. The Labute approximate surface area is 128 Å². The molecular formula is C18H16O2S. The van der Waals surface area contributed by atoms with Crippen molar-refractivity contribution in [1.29, 1.82) is 0 Å². The maximum absolute atomic E-state index is 12.2. The van der Waals surface area contributed by atoms with Gasteiger partial charge in [0.15, 0.2) is 5.12 Å². The van der Waals surface area contributed by atoms with Crippen molar-refractivity contribution in [1.82, 2.24) is 0 Å².